The molecule has 0 saturated carbocycles. The van der Waals surface area contributed by atoms with Gasteiger partial charge in [-0.15, -0.1) is 0 Å². The highest BCUT2D eigenvalue weighted by molar-refractivity contribution is 5.75. The Morgan fingerprint density at radius 1 is 1.64 bits per heavy atom. The first kappa shape index (κ1) is 10.2. The fraction of sp³-hybridized carbons (Fsp3) is 0.625. The predicted molar refractivity (Wildman–Crippen MR) is 44.0 cm³/mol. The molecule has 0 aliphatic rings. The lowest BCUT2D eigenvalue weighted by Crippen LogP contribution is -2.32. The first-order chi connectivity index (χ1) is 5.13. The summed E-state index contributed by atoms with van der Waals surface area (Å²) in [7, 11) is 1.36. The van der Waals surface area contributed by atoms with E-state index in [2.05, 4.69) is 4.74 Å². The maximum Gasteiger partial charge on any atom is 0.314 e. The van der Waals surface area contributed by atoms with E-state index in [4.69, 9.17) is 5.73 Å². The molecule has 64 valence electrons. The maximum atomic E-state index is 11.0. The van der Waals surface area contributed by atoms with Crippen molar-refractivity contribution in [2.45, 2.75) is 19.9 Å². The molecule has 2 unspecified atom stereocenters. The average molecular weight is 157 g/mol. The molecule has 0 spiro atoms. The van der Waals surface area contributed by atoms with Crippen LogP contribution in [0.5, 0.6) is 0 Å². The third kappa shape index (κ3) is 3.18. The zero-order valence-electron chi connectivity index (χ0n) is 7.20. The fourth-order valence-corrected chi connectivity index (χ4v) is 0.812. The molecular formula is C8H15NO2. The molecule has 0 fully saturated rings. The van der Waals surface area contributed by atoms with E-state index in [9.17, 15) is 4.79 Å². The van der Waals surface area contributed by atoms with Gasteiger partial charge in [0.1, 0.15) is 0 Å². The molecule has 0 rings (SSSR count). The van der Waals surface area contributed by atoms with Crippen molar-refractivity contribution in [2.24, 2.45) is 11.7 Å². The number of carbonyl (C=O) groups excluding carboxylic acids is 1. The monoisotopic (exact) mass is 157 g/mol. The Morgan fingerprint density at radius 3 is 2.45 bits per heavy atom. The summed E-state index contributed by atoms with van der Waals surface area (Å²) in [5.41, 5.74) is 5.55. The molecule has 0 bridgehead atoms. The van der Waals surface area contributed by atoms with E-state index in [1.807, 2.05) is 6.92 Å². The first-order valence-electron chi connectivity index (χ1n) is 3.59. The second-order valence-corrected chi connectivity index (χ2v) is 2.43. The van der Waals surface area contributed by atoms with Crippen molar-refractivity contribution in [3.63, 3.8) is 0 Å². The van der Waals surface area contributed by atoms with Crippen LogP contribution >= 0.6 is 0 Å². The highest BCUT2D eigenvalue weighted by Crippen LogP contribution is 2.05. The molecule has 0 radical (unpaired) electrons. The van der Waals surface area contributed by atoms with E-state index in [-0.39, 0.29) is 17.9 Å². The predicted octanol–water partition coefficient (Wildman–Crippen LogP) is 0.699. The van der Waals surface area contributed by atoms with Crippen molar-refractivity contribution in [1.82, 2.24) is 0 Å². The smallest absolute Gasteiger partial charge is 0.314 e. The largest absolute Gasteiger partial charge is 0.469 e. The SMILES string of the molecule is CC=CC(C(=O)OC)C(C)N. The van der Waals surface area contributed by atoms with Crippen LogP contribution in [0.25, 0.3) is 0 Å². The summed E-state index contributed by atoms with van der Waals surface area (Å²) in [6, 6.07) is -0.196. The standard InChI is InChI=1S/C8H15NO2/c1-4-5-7(6(2)9)8(10)11-3/h4-7H,9H2,1-3H3. The molecule has 0 aliphatic carbocycles. The van der Waals surface area contributed by atoms with Gasteiger partial charge in [-0.25, -0.2) is 0 Å². The Kier molecular flexibility index (Phi) is 4.54. The minimum atomic E-state index is -0.315. The summed E-state index contributed by atoms with van der Waals surface area (Å²) in [5, 5.41) is 0. The number of hydrogen-bond acceptors (Lipinski definition) is 3. The van der Waals surface area contributed by atoms with Gasteiger partial charge in [0, 0.05) is 6.04 Å². The molecule has 3 heteroatoms. The molecule has 2 atom stereocenters. The second kappa shape index (κ2) is 4.91. The Bertz CT molecular complexity index is 152. The Morgan fingerprint density at radius 2 is 2.18 bits per heavy atom. The Labute approximate surface area is 67.2 Å². The number of methoxy groups -OCH3 is 1. The molecule has 0 aromatic carbocycles. The summed E-state index contributed by atoms with van der Waals surface area (Å²) in [6.07, 6.45) is 3.54. The van der Waals surface area contributed by atoms with Gasteiger partial charge < -0.3 is 10.5 Å². The maximum absolute atomic E-state index is 11.0. The molecule has 0 aromatic rings. The van der Waals surface area contributed by atoms with Crippen molar-refractivity contribution in [3.05, 3.63) is 12.2 Å². The third-order valence-electron chi connectivity index (χ3n) is 1.44. The first-order valence-corrected chi connectivity index (χ1v) is 3.59. The summed E-state index contributed by atoms with van der Waals surface area (Å²) >= 11 is 0. The van der Waals surface area contributed by atoms with Crippen LogP contribution in [0, 0.1) is 5.92 Å². The van der Waals surface area contributed by atoms with Gasteiger partial charge in [-0.3, -0.25) is 4.79 Å². The number of allylic oxidation sites excluding steroid dienone is 1. The van der Waals surface area contributed by atoms with Gasteiger partial charge in [0.05, 0.1) is 13.0 Å². The van der Waals surface area contributed by atoms with E-state index in [1.165, 1.54) is 7.11 Å². The number of esters is 1. The van der Waals surface area contributed by atoms with Crippen molar-refractivity contribution in [3.8, 4) is 0 Å². The van der Waals surface area contributed by atoms with Crippen molar-refractivity contribution in [1.29, 1.82) is 0 Å². The van der Waals surface area contributed by atoms with E-state index < -0.39 is 0 Å². The van der Waals surface area contributed by atoms with Crippen LogP contribution in [-0.2, 0) is 9.53 Å². The van der Waals surface area contributed by atoms with E-state index >= 15 is 0 Å². The summed E-state index contributed by atoms with van der Waals surface area (Å²) < 4.78 is 4.56. The second-order valence-electron chi connectivity index (χ2n) is 2.43. The number of carbonyl (C=O) groups is 1. The van der Waals surface area contributed by atoms with Crippen LogP contribution in [0.15, 0.2) is 12.2 Å². The fourth-order valence-electron chi connectivity index (χ4n) is 0.812. The van der Waals surface area contributed by atoms with Crippen LogP contribution in [0.4, 0.5) is 0 Å². The molecule has 0 heterocycles. The summed E-state index contributed by atoms with van der Waals surface area (Å²) in [6.45, 7) is 3.62. The zero-order valence-corrected chi connectivity index (χ0v) is 7.20. The lowest BCUT2D eigenvalue weighted by Gasteiger charge is -2.13. The molecule has 0 saturated heterocycles. The van der Waals surface area contributed by atoms with Gasteiger partial charge in [0.2, 0.25) is 0 Å². The van der Waals surface area contributed by atoms with Gasteiger partial charge in [-0.1, -0.05) is 12.2 Å². The average Bonchev–Trinajstić information content (AvgIpc) is 1.98. The topological polar surface area (TPSA) is 52.3 Å². The van der Waals surface area contributed by atoms with Gasteiger partial charge in [0.25, 0.3) is 0 Å². The molecule has 0 amide bonds. The van der Waals surface area contributed by atoms with Gasteiger partial charge in [-0.05, 0) is 13.8 Å². The molecule has 11 heavy (non-hydrogen) atoms. The highest BCUT2D eigenvalue weighted by Gasteiger charge is 2.19. The van der Waals surface area contributed by atoms with Crippen LogP contribution < -0.4 is 5.73 Å². The highest BCUT2D eigenvalue weighted by atomic mass is 16.5. The Hall–Kier alpha value is -0.830. The lowest BCUT2D eigenvalue weighted by molar-refractivity contribution is -0.144. The molecule has 3 nitrogen and oxygen atoms in total. The van der Waals surface area contributed by atoms with Crippen molar-refractivity contribution < 1.29 is 9.53 Å². The van der Waals surface area contributed by atoms with Crippen LogP contribution in [0.2, 0.25) is 0 Å². The minimum Gasteiger partial charge on any atom is -0.469 e. The van der Waals surface area contributed by atoms with Gasteiger partial charge >= 0.3 is 5.97 Å². The minimum absolute atomic E-state index is 0.196. The van der Waals surface area contributed by atoms with Crippen molar-refractivity contribution in [2.75, 3.05) is 7.11 Å². The summed E-state index contributed by atoms with van der Waals surface area (Å²) in [5.74, 6) is -0.594. The van der Waals surface area contributed by atoms with Gasteiger partial charge in [-0.2, -0.15) is 0 Å². The van der Waals surface area contributed by atoms with E-state index in [1.54, 1.807) is 19.1 Å². The third-order valence-corrected chi connectivity index (χ3v) is 1.44. The number of hydrogen-bond donors (Lipinski definition) is 1. The van der Waals surface area contributed by atoms with E-state index in [0.717, 1.165) is 0 Å². The van der Waals surface area contributed by atoms with Crippen molar-refractivity contribution >= 4 is 5.97 Å². The summed E-state index contributed by atoms with van der Waals surface area (Å²) in [4.78, 5) is 11.0. The molecule has 0 aliphatic heterocycles. The zero-order chi connectivity index (χ0) is 8.85. The van der Waals surface area contributed by atoms with Gasteiger partial charge in [0.15, 0.2) is 0 Å². The molecule has 0 aromatic heterocycles. The lowest BCUT2D eigenvalue weighted by atomic mass is 10.0. The molecule has 2 N–H and O–H groups in total. The van der Waals surface area contributed by atoms with Crippen LogP contribution in [0.1, 0.15) is 13.8 Å². The van der Waals surface area contributed by atoms with Crippen LogP contribution in [0.3, 0.4) is 0 Å². The molecular weight excluding hydrogens is 142 g/mol. The Balaban J connectivity index is 4.21. The number of rotatable bonds is 3. The van der Waals surface area contributed by atoms with Crippen LogP contribution in [-0.4, -0.2) is 19.1 Å². The normalized spacial score (nSPS) is 16.4. The number of ether oxygens (including phenoxy) is 1. The quantitative estimate of drug-likeness (QED) is 0.484. The van der Waals surface area contributed by atoms with E-state index in [0.29, 0.717) is 0 Å². The number of nitrogens with two attached hydrogens (primary N) is 1.